The number of hydrogen-bond donors (Lipinski definition) is 0. The third kappa shape index (κ3) is 5.44. The van der Waals surface area contributed by atoms with Gasteiger partial charge in [-0.2, -0.15) is 0 Å². The zero-order chi connectivity index (χ0) is 38.9. The van der Waals surface area contributed by atoms with Gasteiger partial charge in [0.1, 0.15) is 0 Å². The average Bonchev–Trinajstić information content (AvgIpc) is 3.80. The van der Waals surface area contributed by atoms with Crippen LogP contribution < -0.4 is 4.90 Å². The molecule has 8 aromatic rings. The van der Waals surface area contributed by atoms with E-state index in [0.29, 0.717) is 11.8 Å². The molecule has 0 saturated heterocycles. The Bertz CT molecular complexity index is 2680. The molecular formula is C58H47N. The van der Waals surface area contributed by atoms with Gasteiger partial charge in [-0.3, -0.25) is 0 Å². The molecule has 4 atom stereocenters. The smallest absolute Gasteiger partial charge is 0.0719 e. The maximum absolute atomic E-state index is 2.62. The van der Waals surface area contributed by atoms with Crippen molar-refractivity contribution in [2.24, 2.45) is 17.8 Å². The van der Waals surface area contributed by atoms with E-state index in [0.717, 1.165) is 23.2 Å². The van der Waals surface area contributed by atoms with Crippen LogP contribution in [0.5, 0.6) is 0 Å². The first-order valence-electron chi connectivity index (χ1n) is 21.8. The summed E-state index contributed by atoms with van der Waals surface area (Å²) in [6.07, 6.45) is 6.88. The fourth-order valence-electron chi connectivity index (χ4n) is 12.2. The van der Waals surface area contributed by atoms with Gasteiger partial charge in [0.2, 0.25) is 0 Å². The molecule has 0 aliphatic heterocycles. The Balaban J connectivity index is 1.09. The van der Waals surface area contributed by atoms with E-state index >= 15 is 0 Å². The maximum Gasteiger partial charge on any atom is 0.0719 e. The summed E-state index contributed by atoms with van der Waals surface area (Å²) in [4.78, 5) is 2.50. The van der Waals surface area contributed by atoms with Crippen molar-refractivity contribution in [3.05, 3.63) is 234 Å². The largest absolute Gasteiger partial charge is 0.310 e. The Kier molecular flexibility index (Phi) is 8.12. The predicted octanol–water partition coefficient (Wildman–Crippen LogP) is 15.1. The molecular weight excluding hydrogens is 711 g/mol. The summed E-state index contributed by atoms with van der Waals surface area (Å²) < 4.78 is 0. The van der Waals surface area contributed by atoms with Gasteiger partial charge in [-0.05, 0) is 140 Å². The predicted molar refractivity (Wildman–Crippen MR) is 245 cm³/mol. The molecule has 2 unspecified atom stereocenters. The lowest BCUT2D eigenvalue weighted by Gasteiger charge is -2.47. The highest BCUT2D eigenvalue weighted by Gasteiger charge is 2.53. The summed E-state index contributed by atoms with van der Waals surface area (Å²) in [5.74, 6) is 2.65. The molecule has 0 N–H and O–H groups in total. The highest BCUT2D eigenvalue weighted by molar-refractivity contribution is 5.89. The summed E-state index contributed by atoms with van der Waals surface area (Å²) in [7, 11) is 0. The summed E-state index contributed by atoms with van der Waals surface area (Å²) in [5, 5.41) is 0. The van der Waals surface area contributed by atoms with Gasteiger partial charge in [0.15, 0.2) is 0 Å². The molecule has 1 heteroatoms. The molecule has 284 valence electrons. The minimum absolute atomic E-state index is 0.331. The normalized spacial score (nSPS) is 20.3. The lowest BCUT2D eigenvalue weighted by Crippen LogP contribution is -2.38. The Morgan fingerprint density at radius 2 is 0.797 bits per heavy atom. The molecule has 0 amide bonds. The van der Waals surface area contributed by atoms with E-state index in [1.807, 2.05) is 0 Å². The zero-order valence-electron chi connectivity index (χ0n) is 33.3. The van der Waals surface area contributed by atoms with Crippen molar-refractivity contribution in [3.63, 3.8) is 0 Å². The number of nitrogens with zero attached hydrogens (tertiary/aromatic N) is 1. The fraction of sp³-hybridized carbons (Fsp3) is 0.172. The zero-order valence-corrected chi connectivity index (χ0v) is 33.3. The average molecular weight is 758 g/mol. The van der Waals surface area contributed by atoms with Crippen molar-refractivity contribution in [2.45, 2.75) is 43.4 Å². The Hall–Kier alpha value is -6.44. The van der Waals surface area contributed by atoms with Crippen molar-refractivity contribution in [2.75, 3.05) is 4.90 Å². The van der Waals surface area contributed by atoms with Crippen molar-refractivity contribution in [1.82, 2.24) is 0 Å². The quantitative estimate of drug-likeness (QED) is 0.163. The standard InChI is InChI=1S/C58H47N/c1-3-13-41(14-4-1)43-25-29-46(30-26-43)59(47-31-27-44(28-32-47)42-15-5-2-6-16-42)48-33-34-56-52(38-48)57(45-36-39-23-24-40(35-39)37-45)51-19-9-12-22-55(51)58(56)53-20-10-7-17-49(53)50-18-8-11-21-54(50)58/h1-22,25-34,38-40,45,57H,23-24,35-37H2/t39-,40+,45?,57?. The molecule has 2 fully saturated rings. The van der Waals surface area contributed by atoms with Gasteiger partial charge in [-0.15, -0.1) is 0 Å². The van der Waals surface area contributed by atoms with Crippen LogP contribution >= 0.6 is 0 Å². The molecule has 2 bridgehead atoms. The van der Waals surface area contributed by atoms with Gasteiger partial charge in [-0.25, -0.2) is 0 Å². The third-order valence-corrected chi connectivity index (χ3v) is 14.5. The molecule has 0 radical (unpaired) electrons. The second-order valence-electron chi connectivity index (χ2n) is 17.6. The highest BCUT2D eigenvalue weighted by atomic mass is 15.1. The molecule has 59 heavy (non-hydrogen) atoms. The van der Waals surface area contributed by atoms with Gasteiger partial charge in [0, 0.05) is 23.0 Å². The van der Waals surface area contributed by atoms with Gasteiger partial charge in [-0.1, -0.05) is 177 Å². The van der Waals surface area contributed by atoms with E-state index in [4.69, 9.17) is 0 Å². The fourth-order valence-corrected chi connectivity index (χ4v) is 12.2. The lowest BCUT2D eigenvalue weighted by atomic mass is 9.56. The first kappa shape index (κ1) is 34.6. The van der Waals surface area contributed by atoms with E-state index in [1.54, 1.807) is 0 Å². The Morgan fingerprint density at radius 3 is 1.36 bits per heavy atom. The van der Waals surface area contributed by atoms with Crippen LogP contribution in [0.3, 0.4) is 0 Å². The van der Waals surface area contributed by atoms with Crippen LogP contribution in [-0.4, -0.2) is 0 Å². The van der Waals surface area contributed by atoms with Crippen LogP contribution in [0.15, 0.2) is 200 Å². The topological polar surface area (TPSA) is 3.24 Å². The van der Waals surface area contributed by atoms with E-state index in [2.05, 4.69) is 205 Å². The van der Waals surface area contributed by atoms with Crippen LogP contribution in [0, 0.1) is 17.8 Å². The second-order valence-corrected chi connectivity index (χ2v) is 17.6. The Labute approximate surface area is 348 Å². The number of hydrogen-bond acceptors (Lipinski definition) is 1. The van der Waals surface area contributed by atoms with Gasteiger partial charge in [0.05, 0.1) is 5.41 Å². The van der Waals surface area contributed by atoms with Crippen LogP contribution in [0.2, 0.25) is 0 Å². The molecule has 8 aromatic carbocycles. The number of fused-ring (bicyclic) bond motifs is 11. The van der Waals surface area contributed by atoms with Gasteiger partial charge < -0.3 is 4.90 Å². The first-order chi connectivity index (χ1) is 29.2. The maximum atomic E-state index is 2.62. The molecule has 1 nitrogen and oxygen atoms in total. The lowest BCUT2D eigenvalue weighted by molar-refractivity contribution is 0.238. The van der Waals surface area contributed by atoms with Crippen LogP contribution in [0.4, 0.5) is 17.1 Å². The molecule has 0 aromatic heterocycles. The van der Waals surface area contributed by atoms with Crippen LogP contribution in [0.1, 0.15) is 71.4 Å². The van der Waals surface area contributed by atoms with Crippen molar-refractivity contribution >= 4 is 17.1 Å². The SMILES string of the molecule is c1ccc(-c2ccc(N(c3ccc(-c4ccccc4)cc3)c3ccc4c(c3)C(C3C[C@H]5CC[C@@H](C3)C5)c3ccccc3C43c4ccccc4-c4ccccc43)cc2)cc1. The van der Waals surface area contributed by atoms with Gasteiger partial charge in [0.25, 0.3) is 0 Å². The third-order valence-electron chi connectivity index (χ3n) is 14.5. The van der Waals surface area contributed by atoms with E-state index < -0.39 is 0 Å². The molecule has 1 spiro atoms. The molecule has 4 aliphatic carbocycles. The van der Waals surface area contributed by atoms with E-state index in [-0.39, 0.29) is 5.41 Å². The van der Waals surface area contributed by atoms with Crippen LogP contribution in [0.25, 0.3) is 33.4 Å². The van der Waals surface area contributed by atoms with Gasteiger partial charge >= 0.3 is 0 Å². The first-order valence-corrected chi connectivity index (χ1v) is 21.8. The molecule has 0 heterocycles. The van der Waals surface area contributed by atoms with Crippen molar-refractivity contribution in [3.8, 4) is 33.4 Å². The van der Waals surface area contributed by atoms with E-state index in [1.165, 1.54) is 105 Å². The summed E-state index contributed by atoms with van der Waals surface area (Å²) in [6, 6.07) is 75.5. The van der Waals surface area contributed by atoms with E-state index in [9.17, 15) is 0 Å². The second kappa shape index (κ2) is 13.8. The molecule has 2 saturated carbocycles. The monoisotopic (exact) mass is 757 g/mol. The Morgan fingerprint density at radius 1 is 0.356 bits per heavy atom. The van der Waals surface area contributed by atoms with Crippen molar-refractivity contribution in [1.29, 1.82) is 0 Å². The number of rotatable bonds is 6. The van der Waals surface area contributed by atoms with Crippen molar-refractivity contribution < 1.29 is 0 Å². The number of anilines is 3. The van der Waals surface area contributed by atoms with Crippen LogP contribution in [-0.2, 0) is 5.41 Å². The summed E-state index contributed by atoms with van der Waals surface area (Å²) in [5.41, 5.74) is 19.6. The highest BCUT2D eigenvalue weighted by Crippen LogP contribution is 2.64. The molecule has 4 aliphatic rings. The minimum Gasteiger partial charge on any atom is -0.310 e. The minimum atomic E-state index is -0.388. The summed E-state index contributed by atoms with van der Waals surface area (Å²) in [6.45, 7) is 0. The molecule has 12 rings (SSSR count). The number of benzene rings is 8. The summed E-state index contributed by atoms with van der Waals surface area (Å²) >= 11 is 0.